The van der Waals surface area contributed by atoms with Crippen LogP contribution in [0.5, 0.6) is 5.75 Å². The number of ether oxygens (including phenoxy) is 1. The predicted molar refractivity (Wildman–Crippen MR) is 107 cm³/mol. The summed E-state index contributed by atoms with van der Waals surface area (Å²) in [6, 6.07) is 7.33. The molecule has 28 heavy (non-hydrogen) atoms. The third kappa shape index (κ3) is 4.52. The molecular formula is C18H17BrFN5O3. The van der Waals surface area contributed by atoms with Crippen LogP contribution in [-0.4, -0.2) is 28.0 Å². The zero-order valence-electron chi connectivity index (χ0n) is 14.7. The van der Waals surface area contributed by atoms with Crippen molar-refractivity contribution in [3.05, 3.63) is 57.1 Å². The zero-order chi connectivity index (χ0) is 20.1. The van der Waals surface area contributed by atoms with E-state index in [1.807, 2.05) is 0 Å². The minimum atomic E-state index is -0.533. The van der Waals surface area contributed by atoms with E-state index >= 15 is 0 Å². The zero-order valence-corrected chi connectivity index (χ0v) is 16.3. The van der Waals surface area contributed by atoms with Crippen LogP contribution in [0.1, 0.15) is 12.8 Å². The molecule has 0 aliphatic carbocycles. The van der Waals surface area contributed by atoms with Gasteiger partial charge < -0.3 is 15.8 Å². The third-order valence-electron chi connectivity index (χ3n) is 3.95. The van der Waals surface area contributed by atoms with Gasteiger partial charge in [-0.1, -0.05) is 15.9 Å². The van der Waals surface area contributed by atoms with Gasteiger partial charge >= 0.3 is 5.69 Å². The molecule has 146 valence electrons. The average Bonchev–Trinajstić information content (AvgIpc) is 2.67. The number of rotatable bonds is 8. The van der Waals surface area contributed by atoms with Gasteiger partial charge in [0, 0.05) is 16.6 Å². The fraction of sp³-hybridized carbons (Fsp3) is 0.222. The number of benzene rings is 2. The molecule has 1 heterocycles. The smallest absolute Gasteiger partial charge is 0.311 e. The Labute approximate surface area is 168 Å². The number of hydrogen-bond donors (Lipinski definition) is 2. The third-order valence-corrected chi connectivity index (χ3v) is 4.45. The van der Waals surface area contributed by atoms with Gasteiger partial charge in [-0.15, -0.1) is 0 Å². The molecule has 3 rings (SSSR count). The summed E-state index contributed by atoms with van der Waals surface area (Å²) in [6.07, 6.45) is 2.74. The maximum Gasteiger partial charge on any atom is 0.311 e. The van der Waals surface area contributed by atoms with Crippen molar-refractivity contribution in [1.82, 2.24) is 9.97 Å². The number of nitro benzene ring substituents is 1. The van der Waals surface area contributed by atoms with Gasteiger partial charge in [-0.3, -0.25) is 10.1 Å². The minimum absolute atomic E-state index is 0.119. The number of unbranched alkanes of at least 4 members (excludes halogenated alkanes) is 1. The average molecular weight is 450 g/mol. The van der Waals surface area contributed by atoms with Gasteiger partial charge in [-0.2, -0.15) is 0 Å². The van der Waals surface area contributed by atoms with E-state index in [9.17, 15) is 14.5 Å². The molecule has 0 atom stereocenters. The lowest BCUT2D eigenvalue weighted by atomic mass is 10.2. The molecule has 0 aliphatic rings. The van der Waals surface area contributed by atoms with Crippen LogP contribution in [0.25, 0.3) is 10.9 Å². The van der Waals surface area contributed by atoms with Crippen LogP contribution in [0, 0.1) is 15.9 Å². The SMILES string of the molecule is NCCCCOc1cc2ncnc(Nc3ccc(Br)cc3F)c2cc1[N+](=O)[O-]. The van der Waals surface area contributed by atoms with Crippen LogP contribution in [0.2, 0.25) is 0 Å². The van der Waals surface area contributed by atoms with Crippen molar-refractivity contribution in [2.24, 2.45) is 5.73 Å². The molecule has 0 bridgehead atoms. The molecule has 8 nitrogen and oxygen atoms in total. The molecule has 0 saturated carbocycles. The molecule has 0 spiro atoms. The standard InChI is InChI=1S/C18H17BrFN5O3/c19-11-3-4-14(13(20)7-11)24-18-12-8-16(25(26)27)17(28-6-2-1-5-21)9-15(12)22-10-23-18/h3-4,7-10H,1-2,5-6,21H2,(H,22,23,24). The maximum absolute atomic E-state index is 14.1. The van der Waals surface area contributed by atoms with Crippen LogP contribution in [0.15, 0.2) is 41.1 Å². The van der Waals surface area contributed by atoms with Crippen LogP contribution in [-0.2, 0) is 0 Å². The summed E-state index contributed by atoms with van der Waals surface area (Å²) in [5, 5.41) is 14.7. The van der Waals surface area contributed by atoms with Crippen molar-refractivity contribution in [1.29, 1.82) is 0 Å². The van der Waals surface area contributed by atoms with Crippen molar-refractivity contribution >= 4 is 44.0 Å². The van der Waals surface area contributed by atoms with Crippen LogP contribution in [0.3, 0.4) is 0 Å². The predicted octanol–water partition coefficient (Wildman–Crippen LogP) is 4.30. The molecule has 3 N–H and O–H groups in total. The molecule has 2 aromatic carbocycles. The summed E-state index contributed by atoms with van der Waals surface area (Å²) in [6.45, 7) is 0.835. The molecule has 1 aromatic heterocycles. The number of nitrogens with zero attached hydrogens (tertiary/aromatic N) is 3. The monoisotopic (exact) mass is 449 g/mol. The summed E-state index contributed by atoms with van der Waals surface area (Å²) in [5.74, 6) is -0.117. The van der Waals surface area contributed by atoms with E-state index in [1.54, 1.807) is 6.07 Å². The molecule has 0 amide bonds. The Balaban J connectivity index is 1.98. The van der Waals surface area contributed by atoms with Crippen LogP contribution >= 0.6 is 15.9 Å². The largest absolute Gasteiger partial charge is 0.487 e. The minimum Gasteiger partial charge on any atom is -0.487 e. The summed E-state index contributed by atoms with van der Waals surface area (Å²) in [7, 11) is 0. The Bertz CT molecular complexity index is 1020. The Morgan fingerprint density at radius 2 is 2.07 bits per heavy atom. The Morgan fingerprint density at radius 3 is 2.79 bits per heavy atom. The number of hydrogen-bond acceptors (Lipinski definition) is 7. The molecule has 0 radical (unpaired) electrons. The highest BCUT2D eigenvalue weighted by Gasteiger charge is 2.19. The van der Waals surface area contributed by atoms with Gasteiger partial charge in [-0.05, 0) is 37.6 Å². The Morgan fingerprint density at radius 1 is 1.25 bits per heavy atom. The van der Waals surface area contributed by atoms with Crippen molar-refractivity contribution in [2.75, 3.05) is 18.5 Å². The van der Waals surface area contributed by atoms with Gasteiger partial charge in [0.1, 0.15) is 18.0 Å². The van der Waals surface area contributed by atoms with Gasteiger partial charge in [-0.25, -0.2) is 14.4 Å². The van der Waals surface area contributed by atoms with Crippen molar-refractivity contribution in [2.45, 2.75) is 12.8 Å². The number of nitrogens with one attached hydrogen (secondary N) is 1. The van der Waals surface area contributed by atoms with Crippen molar-refractivity contribution in [3.63, 3.8) is 0 Å². The highest BCUT2D eigenvalue weighted by Crippen LogP contribution is 2.35. The first kappa shape index (κ1) is 19.9. The lowest BCUT2D eigenvalue weighted by molar-refractivity contribution is -0.385. The molecule has 3 aromatic rings. The van der Waals surface area contributed by atoms with E-state index < -0.39 is 10.7 Å². The number of aromatic nitrogens is 2. The summed E-state index contributed by atoms with van der Waals surface area (Å²) < 4.78 is 20.3. The van der Waals surface area contributed by atoms with E-state index in [4.69, 9.17) is 10.5 Å². The molecule has 10 heteroatoms. The number of anilines is 2. The van der Waals surface area contributed by atoms with E-state index in [1.165, 1.54) is 30.6 Å². The van der Waals surface area contributed by atoms with Crippen molar-refractivity contribution < 1.29 is 14.1 Å². The highest BCUT2D eigenvalue weighted by molar-refractivity contribution is 9.10. The first-order chi connectivity index (χ1) is 13.5. The van der Waals surface area contributed by atoms with Crippen molar-refractivity contribution in [3.8, 4) is 5.75 Å². The molecular weight excluding hydrogens is 433 g/mol. The van der Waals surface area contributed by atoms with E-state index in [2.05, 4.69) is 31.2 Å². The van der Waals surface area contributed by atoms with E-state index in [0.29, 0.717) is 34.9 Å². The Hall–Kier alpha value is -2.85. The van der Waals surface area contributed by atoms with Crippen LogP contribution < -0.4 is 15.8 Å². The van der Waals surface area contributed by atoms with Crippen LogP contribution in [0.4, 0.5) is 21.6 Å². The van der Waals surface area contributed by atoms with E-state index in [-0.39, 0.29) is 22.9 Å². The normalized spacial score (nSPS) is 10.8. The number of nitro groups is 1. The quantitative estimate of drug-likeness (QED) is 0.299. The summed E-state index contributed by atoms with van der Waals surface area (Å²) >= 11 is 3.20. The molecule has 0 unspecified atom stereocenters. The second-order valence-corrected chi connectivity index (χ2v) is 6.83. The number of halogens is 2. The number of nitrogens with two attached hydrogens (primary N) is 1. The lowest BCUT2D eigenvalue weighted by Gasteiger charge is -2.11. The maximum atomic E-state index is 14.1. The lowest BCUT2D eigenvalue weighted by Crippen LogP contribution is -2.05. The fourth-order valence-electron chi connectivity index (χ4n) is 2.58. The van der Waals surface area contributed by atoms with Gasteiger partial charge in [0.15, 0.2) is 5.75 Å². The van der Waals surface area contributed by atoms with Gasteiger partial charge in [0.05, 0.1) is 28.1 Å². The first-order valence-electron chi connectivity index (χ1n) is 8.47. The topological polar surface area (TPSA) is 116 Å². The van der Waals surface area contributed by atoms with E-state index in [0.717, 1.165) is 6.42 Å². The number of fused-ring (bicyclic) bond motifs is 1. The summed E-state index contributed by atoms with van der Waals surface area (Å²) in [5.41, 5.74) is 5.86. The fourth-order valence-corrected chi connectivity index (χ4v) is 2.91. The molecule has 0 fully saturated rings. The summed E-state index contributed by atoms with van der Waals surface area (Å²) in [4.78, 5) is 19.2. The van der Waals surface area contributed by atoms with Gasteiger partial charge in [0.2, 0.25) is 0 Å². The molecule has 0 saturated heterocycles. The second kappa shape index (κ2) is 8.89. The molecule has 0 aliphatic heterocycles. The first-order valence-corrected chi connectivity index (χ1v) is 9.27. The Kier molecular flexibility index (Phi) is 6.32. The van der Waals surface area contributed by atoms with Gasteiger partial charge in [0.25, 0.3) is 0 Å². The second-order valence-electron chi connectivity index (χ2n) is 5.91. The highest BCUT2D eigenvalue weighted by atomic mass is 79.9.